The lowest BCUT2D eigenvalue weighted by atomic mass is 10.2. The molecule has 66 valence electrons. The van der Waals surface area contributed by atoms with Crippen molar-refractivity contribution in [3.05, 3.63) is 29.8 Å². The number of allylic oxidation sites excluding steroid dienone is 1. The van der Waals surface area contributed by atoms with Gasteiger partial charge < -0.3 is 0 Å². The Morgan fingerprint density at radius 1 is 1.31 bits per heavy atom. The smallest absolute Gasteiger partial charge is 0.113 e. The average molecular weight is 194 g/mol. The van der Waals surface area contributed by atoms with Crippen LogP contribution in [0.2, 0.25) is 0 Å². The number of aromatic amines is 1. The summed E-state index contributed by atoms with van der Waals surface area (Å²) in [6.45, 7) is 0. The van der Waals surface area contributed by atoms with E-state index in [1.807, 2.05) is 30.4 Å². The molecule has 0 fully saturated rings. The van der Waals surface area contributed by atoms with Crippen LogP contribution in [0.3, 0.4) is 0 Å². The number of aromatic nitrogens is 3. The molecule has 1 N–H and O–H groups in total. The molecule has 0 unspecified atom stereocenters. The molecule has 1 heterocycles. The molecule has 0 saturated carbocycles. The third kappa shape index (κ3) is 1.70. The van der Waals surface area contributed by atoms with Crippen LogP contribution < -0.4 is 0 Å². The Morgan fingerprint density at radius 2 is 2.15 bits per heavy atom. The number of H-pyrrole nitrogens is 1. The monoisotopic (exact) mass is 193 g/mol. The van der Waals surface area contributed by atoms with E-state index in [4.69, 9.17) is 11.6 Å². The molecule has 0 aliphatic carbocycles. The average Bonchev–Trinajstić information content (AvgIpc) is 2.61. The number of rotatable bonds is 2. The summed E-state index contributed by atoms with van der Waals surface area (Å²) in [5.74, 6) is 0.525. The molecule has 0 aliphatic heterocycles. The second-order valence-corrected chi connectivity index (χ2v) is 2.94. The number of fused-ring (bicyclic) bond motifs is 1. The van der Waals surface area contributed by atoms with Crippen LogP contribution in [0.15, 0.2) is 24.3 Å². The molecule has 0 bridgehead atoms. The molecule has 2 aromatic rings. The van der Waals surface area contributed by atoms with Crippen molar-refractivity contribution < 1.29 is 0 Å². The van der Waals surface area contributed by atoms with Crippen LogP contribution in [0.4, 0.5) is 0 Å². The Kier molecular flexibility index (Phi) is 2.27. The van der Waals surface area contributed by atoms with Gasteiger partial charge >= 0.3 is 0 Å². The summed E-state index contributed by atoms with van der Waals surface area (Å²) in [5, 5.41) is 10.5. The van der Waals surface area contributed by atoms with Gasteiger partial charge in [-0.15, -0.1) is 11.6 Å². The van der Waals surface area contributed by atoms with Gasteiger partial charge in [-0.25, -0.2) is 0 Å². The van der Waals surface area contributed by atoms with Crippen LogP contribution in [-0.2, 0) is 0 Å². The standard InChI is InChI=1S/C9H8ClN3/c10-5-1-2-7-3-4-8-9(6-7)12-13-11-8/h1-4,6H,5H2,(H,11,12,13). The summed E-state index contributed by atoms with van der Waals surface area (Å²) in [6.07, 6.45) is 3.85. The summed E-state index contributed by atoms with van der Waals surface area (Å²) < 4.78 is 0. The first-order chi connectivity index (χ1) is 6.40. The highest BCUT2D eigenvalue weighted by atomic mass is 35.5. The zero-order valence-electron chi connectivity index (χ0n) is 6.87. The van der Waals surface area contributed by atoms with Crippen LogP contribution in [0.1, 0.15) is 5.56 Å². The molecule has 0 radical (unpaired) electrons. The van der Waals surface area contributed by atoms with Gasteiger partial charge in [-0.2, -0.15) is 15.4 Å². The predicted octanol–water partition coefficient (Wildman–Crippen LogP) is 2.21. The molecule has 0 aliphatic rings. The predicted molar refractivity (Wildman–Crippen MR) is 53.6 cm³/mol. The molecule has 2 rings (SSSR count). The molecule has 0 saturated heterocycles. The minimum absolute atomic E-state index is 0.525. The molecule has 13 heavy (non-hydrogen) atoms. The third-order valence-electron chi connectivity index (χ3n) is 1.74. The molecule has 0 atom stereocenters. The molecule has 0 spiro atoms. The molecule has 3 nitrogen and oxygen atoms in total. The second-order valence-electron chi connectivity index (χ2n) is 2.63. The second kappa shape index (κ2) is 3.58. The Balaban J connectivity index is 2.42. The maximum Gasteiger partial charge on any atom is 0.113 e. The fourth-order valence-corrected chi connectivity index (χ4v) is 1.23. The molecular weight excluding hydrogens is 186 g/mol. The number of halogens is 1. The van der Waals surface area contributed by atoms with Crippen LogP contribution in [0, 0.1) is 0 Å². The highest BCUT2D eigenvalue weighted by Crippen LogP contribution is 2.11. The number of hydrogen-bond donors (Lipinski definition) is 1. The molecule has 4 heteroatoms. The van der Waals surface area contributed by atoms with Gasteiger partial charge in [0.2, 0.25) is 0 Å². The van der Waals surface area contributed by atoms with Crippen molar-refractivity contribution in [2.75, 3.05) is 5.88 Å². The topological polar surface area (TPSA) is 41.6 Å². The van der Waals surface area contributed by atoms with Gasteiger partial charge in [0, 0.05) is 5.88 Å². The van der Waals surface area contributed by atoms with Gasteiger partial charge in [0.05, 0.1) is 0 Å². The van der Waals surface area contributed by atoms with E-state index in [9.17, 15) is 0 Å². The van der Waals surface area contributed by atoms with Crippen LogP contribution in [0.25, 0.3) is 17.1 Å². The van der Waals surface area contributed by atoms with Gasteiger partial charge in [0.1, 0.15) is 11.0 Å². The summed E-state index contributed by atoms with van der Waals surface area (Å²) in [7, 11) is 0. The van der Waals surface area contributed by atoms with Crippen LogP contribution in [-0.4, -0.2) is 21.3 Å². The number of alkyl halides is 1. The Bertz CT molecular complexity index is 433. The van der Waals surface area contributed by atoms with E-state index in [1.54, 1.807) is 0 Å². The van der Waals surface area contributed by atoms with Crippen molar-refractivity contribution in [3.63, 3.8) is 0 Å². The Labute approximate surface area is 80.4 Å². The summed E-state index contributed by atoms with van der Waals surface area (Å²) in [6, 6.07) is 5.86. The van der Waals surface area contributed by atoms with E-state index in [2.05, 4.69) is 15.4 Å². The molecular formula is C9H8ClN3. The first kappa shape index (κ1) is 8.26. The molecule has 0 amide bonds. The zero-order valence-corrected chi connectivity index (χ0v) is 7.62. The highest BCUT2D eigenvalue weighted by Gasteiger charge is 1.96. The highest BCUT2D eigenvalue weighted by molar-refractivity contribution is 6.19. The summed E-state index contributed by atoms with van der Waals surface area (Å²) in [4.78, 5) is 0. The quantitative estimate of drug-likeness (QED) is 0.743. The zero-order chi connectivity index (χ0) is 9.10. The number of nitrogens with zero attached hydrogens (tertiary/aromatic N) is 2. The van der Waals surface area contributed by atoms with E-state index >= 15 is 0 Å². The Hall–Kier alpha value is -1.35. The van der Waals surface area contributed by atoms with E-state index in [-0.39, 0.29) is 0 Å². The fourth-order valence-electron chi connectivity index (χ4n) is 1.14. The number of hydrogen-bond acceptors (Lipinski definition) is 2. The van der Waals surface area contributed by atoms with Crippen molar-refractivity contribution in [1.29, 1.82) is 0 Å². The lowest BCUT2D eigenvalue weighted by Crippen LogP contribution is -1.73. The summed E-state index contributed by atoms with van der Waals surface area (Å²) in [5.41, 5.74) is 2.83. The van der Waals surface area contributed by atoms with E-state index in [0.29, 0.717) is 5.88 Å². The largest absolute Gasteiger partial charge is 0.197 e. The number of nitrogens with one attached hydrogen (secondary N) is 1. The first-order valence-electron chi connectivity index (χ1n) is 3.93. The van der Waals surface area contributed by atoms with Gasteiger partial charge in [-0.05, 0) is 17.7 Å². The minimum Gasteiger partial charge on any atom is -0.197 e. The van der Waals surface area contributed by atoms with Crippen molar-refractivity contribution >= 4 is 28.7 Å². The molecule has 1 aromatic heterocycles. The van der Waals surface area contributed by atoms with Crippen molar-refractivity contribution in [1.82, 2.24) is 15.4 Å². The van der Waals surface area contributed by atoms with Gasteiger partial charge in [0.25, 0.3) is 0 Å². The molecule has 1 aromatic carbocycles. The maximum absolute atomic E-state index is 5.53. The van der Waals surface area contributed by atoms with Crippen molar-refractivity contribution in [3.8, 4) is 0 Å². The van der Waals surface area contributed by atoms with Crippen LogP contribution in [0.5, 0.6) is 0 Å². The maximum atomic E-state index is 5.53. The van der Waals surface area contributed by atoms with E-state index < -0.39 is 0 Å². The minimum atomic E-state index is 0.525. The van der Waals surface area contributed by atoms with Crippen LogP contribution >= 0.6 is 11.6 Å². The van der Waals surface area contributed by atoms with Gasteiger partial charge in [0.15, 0.2) is 0 Å². The Morgan fingerprint density at radius 3 is 3.00 bits per heavy atom. The first-order valence-corrected chi connectivity index (χ1v) is 4.46. The lowest BCUT2D eigenvalue weighted by Gasteiger charge is -1.90. The van der Waals surface area contributed by atoms with Gasteiger partial charge in [-0.3, -0.25) is 0 Å². The van der Waals surface area contributed by atoms with Gasteiger partial charge in [-0.1, -0.05) is 18.2 Å². The van der Waals surface area contributed by atoms with Crippen molar-refractivity contribution in [2.24, 2.45) is 0 Å². The number of benzene rings is 1. The summed E-state index contributed by atoms with van der Waals surface area (Å²) >= 11 is 5.53. The third-order valence-corrected chi connectivity index (χ3v) is 1.92. The SMILES string of the molecule is ClCC=Cc1ccc2n[nH]nc2c1. The fraction of sp³-hybridized carbons (Fsp3) is 0.111. The van der Waals surface area contributed by atoms with E-state index in [0.717, 1.165) is 16.6 Å². The normalized spacial score (nSPS) is 11.5. The lowest BCUT2D eigenvalue weighted by molar-refractivity contribution is 0.959. The van der Waals surface area contributed by atoms with Crippen molar-refractivity contribution in [2.45, 2.75) is 0 Å². The van der Waals surface area contributed by atoms with E-state index in [1.165, 1.54) is 0 Å².